The predicted octanol–water partition coefficient (Wildman–Crippen LogP) is 3.74. The summed E-state index contributed by atoms with van der Waals surface area (Å²) in [6.45, 7) is 4.85. The molecule has 1 N–H and O–H groups in total. The maximum Gasteiger partial charge on any atom is 0.145 e. The standard InChI is InChI=1S/C13H18ClNO2/c1-9(2)5-6-15-11-7-10(14)12(16-3)8-13(11)17-4/h5,7-8,15H,6H2,1-4H3. The van der Waals surface area contributed by atoms with E-state index in [9.17, 15) is 0 Å². The summed E-state index contributed by atoms with van der Waals surface area (Å²) >= 11 is 6.06. The van der Waals surface area contributed by atoms with Crippen LogP contribution in [-0.2, 0) is 0 Å². The van der Waals surface area contributed by atoms with Crippen LogP contribution < -0.4 is 14.8 Å². The van der Waals surface area contributed by atoms with Crippen molar-refractivity contribution in [2.45, 2.75) is 13.8 Å². The highest BCUT2D eigenvalue weighted by atomic mass is 35.5. The van der Waals surface area contributed by atoms with E-state index >= 15 is 0 Å². The highest BCUT2D eigenvalue weighted by Gasteiger charge is 2.08. The molecular formula is C13H18ClNO2. The van der Waals surface area contributed by atoms with Gasteiger partial charge in [0.1, 0.15) is 11.5 Å². The fraction of sp³-hybridized carbons (Fsp3) is 0.385. The monoisotopic (exact) mass is 255 g/mol. The smallest absolute Gasteiger partial charge is 0.145 e. The molecule has 0 saturated carbocycles. The normalized spacial score (nSPS) is 9.71. The van der Waals surface area contributed by atoms with E-state index in [4.69, 9.17) is 21.1 Å². The number of benzene rings is 1. The van der Waals surface area contributed by atoms with Gasteiger partial charge in [0.2, 0.25) is 0 Å². The third-order valence-corrected chi connectivity index (χ3v) is 2.57. The summed E-state index contributed by atoms with van der Waals surface area (Å²) in [5, 5.41) is 3.81. The second-order valence-corrected chi connectivity index (χ2v) is 4.26. The summed E-state index contributed by atoms with van der Waals surface area (Å²) in [6.07, 6.45) is 2.09. The lowest BCUT2D eigenvalue weighted by atomic mass is 10.2. The van der Waals surface area contributed by atoms with Crippen molar-refractivity contribution in [1.82, 2.24) is 0 Å². The van der Waals surface area contributed by atoms with E-state index in [1.54, 1.807) is 26.4 Å². The van der Waals surface area contributed by atoms with Crippen molar-refractivity contribution in [3.63, 3.8) is 0 Å². The van der Waals surface area contributed by atoms with Crippen LogP contribution >= 0.6 is 11.6 Å². The van der Waals surface area contributed by atoms with Gasteiger partial charge in [0.25, 0.3) is 0 Å². The van der Waals surface area contributed by atoms with E-state index in [1.807, 2.05) is 0 Å². The molecule has 3 nitrogen and oxygen atoms in total. The summed E-state index contributed by atoms with van der Waals surface area (Å²) in [5.41, 5.74) is 2.12. The quantitative estimate of drug-likeness (QED) is 0.813. The Labute approximate surface area is 107 Å². The van der Waals surface area contributed by atoms with Gasteiger partial charge in [-0.3, -0.25) is 0 Å². The number of allylic oxidation sites excluding steroid dienone is 1. The molecule has 0 radical (unpaired) electrons. The van der Waals surface area contributed by atoms with Crippen LogP contribution in [0.2, 0.25) is 5.02 Å². The van der Waals surface area contributed by atoms with E-state index in [2.05, 4.69) is 25.2 Å². The largest absolute Gasteiger partial charge is 0.495 e. The Balaban J connectivity index is 2.90. The van der Waals surface area contributed by atoms with Crippen LogP contribution in [0.4, 0.5) is 5.69 Å². The van der Waals surface area contributed by atoms with Crippen LogP contribution in [0, 0.1) is 0 Å². The highest BCUT2D eigenvalue weighted by Crippen LogP contribution is 2.35. The Morgan fingerprint density at radius 3 is 2.41 bits per heavy atom. The SMILES string of the molecule is COc1cc(OC)c(NCC=C(C)C)cc1Cl. The Hall–Kier alpha value is -1.35. The van der Waals surface area contributed by atoms with Gasteiger partial charge in [0.05, 0.1) is 24.9 Å². The second kappa shape index (κ2) is 6.40. The van der Waals surface area contributed by atoms with Crippen LogP contribution in [0.25, 0.3) is 0 Å². The number of hydrogen-bond acceptors (Lipinski definition) is 3. The number of hydrogen-bond donors (Lipinski definition) is 1. The Morgan fingerprint density at radius 2 is 1.88 bits per heavy atom. The summed E-state index contributed by atoms with van der Waals surface area (Å²) in [4.78, 5) is 0. The Kier molecular flexibility index (Phi) is 5.16. The number of anilines is 1. The maximum absolute atomic E-state index is 6.06. The predicted molar refractivity (Wildman–Crippen MR) is 72.5 cm³/mol. The van der Waals surface area contributed by atoms with Gasteiger partial charge in [-0.05, 0) is 19.9 Å². The molecule has 0 bridgehead atoms. The van der Waals surface area contributed by atoms with Crippen LogP contribution in [0.5, 0.6) is 11.5 Å². The number of halogens is 1. The van der Waals surface area contributed by atoms with Crippen molar-refractivity contribution in [1.29, 1.82) is 0 Å². The third kappa shape index (κ3) is 3.86. The highest BCUT2D eigenvalue weighted by molar-refractivity contribution is 6.32. The lowest BCUT2D eigenvalue weighted by Crippen LogP contribution is -2.01. The van der Waals surface area contributed by atoms with E-state index < -0.39 is 0 Å². The average molecular weight is 256 g/mol. The molecule has 0 heterocycles. The minimum Gasteiger partial charge on any atom is -0.495 e. The second-order valence-electron chi connectivity index (χ2n) is 3.85. The van der Waals surface area contributed by atoms with Gasteiger partial charge in [-0.1, -0.05) is 23.3 Å². The molecule has 0 aromatic heterocycles. The molecule has 1 aromatic carbocycles. The molecule has 17 heavy (non-hydrogen) atoms. The molecule has 0 aliphatic heterocycles. The van der Waals surface area contributed by atoms with Gasteiger partial charge < -0.3 is 14.8 Å². The molecule has 1 aromatic rings. The molecule has 0 saturated heterocycles. The van der Waals surface area contributed by atoms with Crippen molar-refractivity contribution in [3.05, 3.63) is 28.8 Å². The van der Waals surface area contributed by atoms with E-state index in [1.165, 1.54) is 5.57 Å². The number of nitrogens with one attached hydrogen (secondary N) is 1. The van der Waals surface area contributed by atoms with E-state index in [0.717, 1.165) is 12.2 Å². The van der Waals surface area contributed by atoms with E-state index in [-0.39, 0.29) is 0 Å². The first kappa shape index (κ1) is 13.7. The van der Waals surface area contributed by atoms with Crippen molar-refractivity contribution < 1.29 is 9.47 Å². The van der Waals surface area contributed by atoms with Crippen molar-refractivity contribution in [2.24, 2.45) is 0 Å². The fourth-order valence-electron chi connectivity index (χ4n) is 1.36. The van der Waals surface area contributed by atoms with Gasteiger partial charge >= 0.3 is 0 Å². The molecule has 0 amide bonds. The van der Waals surface area contributed by atoms with Gasteiger partial charge in [-0.25, -0.2) is 0 Å². The minimum atomic E-state index is 0.563. The summed E-state index contributed by atoms with van der Waals surface area (Å²) in [6, 6.07) is 3.57. The Morgan fingerprint density at radius 1 is 1.24 bits per heavy atom. The Bertz CT molecular complexity index is 412. The topological polar surface area (TPSA) is 30.5 Å². The van der Waals surface area contributed by atoms with Crippen LogP contribution in [0.15, 0.2) is 23.8 Å². The summed E-state index contributed by atoms with van der Waals surface area (Å²) in [7, 11) is 3.20. The molecule has 0 spiro atoms. The first-order valence-electron chi connectivity index (χ1n) is 5.37. The maximum atomic E-state index is 6.06. The fourth-order valence-corrected chi connectivity index (χ4v) is 1.60. The molecule has 4 heteroatoms. The van der Waals surface area contributed by atoms with Crippen molar-refractivity contribution in [3.8, 4) is 11.5 Å². The number of methoxy groups -OCH3 is 2. The van der Waals surface area contributed by atoms with Gasteiger partial charge in [0, 0.05) is 12.6 Å². The minimum absolute atomic E-state index is 0.563. The zero-order valence-electron chi connectivity index (χ0n) is 10.6. The summed E-state index contributed by atoms with van der Waals surface area (Å²) < 4.78 is 10.4. The van der Waals surface area contributed by atoms with Crippen LogP contribution in [0.1, 0.15) is 13.8 Å². The average Bonchev–Trinajstić information content (AvgIpc) is 2.29. The zero-order chi connectivity index (χ0) is 12.8. The molecule has 0 unspecified atom stereocenters. The molecule has 0 aliphatic carbocycles. The number of ether oxygens (including phenoxy) is 2. The van der Waals surface area contributed by atoms with Crippen molar-refractivity contribution in [2.75, 3.05) is 26.1 Å². The molecule has 94 valence electrons. The zero-order valence-corrected chi connectivity index (χ0v) is 11.4. The van der Waals surface area contributed by atoms with E-state index in [0.29, 0.717) is 16.5 Å². The molecular weight excluding hydrogens is 238 g/mol. The lowest BCUT2D eigenvalue weighted by molar-refractivity contribution is 0.395. The lowest BCUT2D eigenvalue weighted by Gasteiger charge is -2.12. The molecule has 0 fully saturated rings. The summed E-state index contributed by atoms with van der Waals surface area (Å²) in [5.74, 6) is 1.32. The van der Waals surface area contributed by atoms with Crippen LogP contribution in [-0.4, -0.2) is 20.8 Å². The van der Waals surface area contributed by atoms with Gasteiger partial charge in [-0.15, -0.1) is 0 Å². The van der Waals surface area contributed by atoms with Gasteiger partial charge in [0.15, 0.2) is 0 Å². The first-order chi connectivity index (χ1) is 8.08. The number of rotatable bonds is 5. The molecule has 0 atom stereocenters. The third-order valence-electron chi connectivity index (χ3n) is 2.28. The van der Waals surface area contributed by atoms with Crippen LogP contribution in [0.3, 0.4) is 0 Å². The first-order valence-corrected chi connectivity index (χ1v) is 5.75. The molecule has 0 aliphatic rings. The molecule has 1 rings (SSSR count). The van der Waals surface area contributed by atoms with Gasteiger partial charge in [-0.2, -0.15) is 0 Å². The van der Waals surface area contributed by atoms with Crippen molar-refractivity contribution >= 4 is 17.3 Å².